The molecule has 0 heterocycles. The van der Waals surface area contributed by atoms with Gasteiger partial charge in [-0.2, -0.15) is 0 Å². The number of aryl methyl sites for hydroxylation is 1. The van der Waals surface area contributed by atoms with Gasteiger partial charge in [0.2, 0.25) is 5.91 Å². The summed E-state index contributed by atoms with van der Waals surface area (Å²) >= 11 is 0. The molecule has 7 nitrogen and oxygen atoms in total. The number of hydrogen-bond donors (Lipinski definition) is 3. The number of sulfone groups is 1. The van der Waals surface area contributed by atoms with Gasteiger partial charge in [-0.15, -0.1) is 24.0 Å². The highest BCUT2D eigenvalue weighted by Gasteiger charge is 2.10. The van der Waals surface area contributed by atoms with Crippen LogP contribution in [-0.4, -0.2) is 46.2 Å². The molecule has 0 aliphatic carbocycles. The van der Waals surface area contributed by atoms with E-state index in [0.717, 1.165) is 12.0 Å². The standard InChI is InChI=1S/C18H30N4O3S.HI/c1-5-10-20-17(23)9-11-21-18(19-6-2)22-13-15-7-8-16(14(3)12-15)26(4,24)25;/h7-8,12H,5-6,9-11,13H2,1-4H3,(H,20,23)(H2,19,21,22);1H. The third-order valence-corrected chi connectivity index (χ3v) is 4.88. The van der Waals surface area contributed by atoms with E-state index < -0.39 is 9.84 Å². The van der Waals surface area contributed by atoms with Gasteiger partial charge in [0.25, 0.3) is 0 Å². The summed E-state index contributed by atoms with van der Waals surface area (Å²) in [4.78, 5) is 16.4. The molecule has 0 saturated carbocycles. The summed E-state index contributed by atoms with van der Waals surface area (Å²) in [6, 6.07) is 5.23. The molecule has 1 aromatic carbocycles. The second-order valence-electron chi connectivity index (χ2n) is 6.09. The minimum absolute atomic E-state index is 0. The summed E-state index contributed by atoms with van der Waals surface area (Å²) in [6.45, 7) is 8.07. The number of nitrogens with one attached hydrogen (secondary N) is 3. The van der Waals surface area contributed by atoms with Crippen LogP contribution in [0, 0.1) is 6.92 Å². The number of amides is 1. The summed E-state index contributed by atoms with van der Waals surface area (Å²) in [5.74, 6) is 0.642. The molecule has 0 spiro atoms. The number of carbonyl (C=O) groups is 1. The van der Waals surface area contributed by atoms with Crippen LogP contribution in [0.3, 0.4) is 0 Å². The number of aliphatic imine (C=N–C) groups is 1. The lowest BCUT2D eigenvalue weighted by Gasteiger charge is -2.12. The summed E-state index contributed by atoms with van der Waals surface area (Å²) in [7, 11) is -3.22. The first-order valence-electron chi connectivity index (χ1n) is 8.86. The van der Waals surface area contributed by atoms with Crippen molar-refractivity contribution in [2.45, 2.75) is 45.1 Å². The molecular formula is C18H31IN4O3S. The maximum absolute atomic E-state index is 11.7. The highest BCUT2D eigenvalue weighted by atomic mass is 127. The van der Waals surface area contributed by atoms with Crippen LogP contribution in [0.15, 0.2) is 28.1 Å². The molecule has 0 saturated heterocycles. The number of guanidine groups is 1. The fourth-order valence-corrected chi connectivity index (χ4v) is 3.34. The van der Waals surface area contributed by atoms with E-state index in [1.54, 1.807) is 19.1 Å². The Labute approximate surface area is 179 Å². The van der Waals surface area contributed by atoms with E-state index in [1.165, 1.54) is 6.26 Å². The Balaban J connectivity index is 0.00000676. The Morgan fingerprint density at radius 1 is 1.11 bits per heavy atom. The lowest BCUT2D eigenvalue weighted by atomic mass is 10.1. The number of carbonyl (C=O) groups excluding carboxylic acids is 1. The van der Waals surface area contributed by atoms with Crippen LogP contribution in [0.5, 0.6) is 0 Å². The molecule has 27 heavy (non-hydrogen) atoms. The van der Waals surface area contributed by atoms with Crippen molar-refractivity contribution < 1.29 is 13.2 Å². The number of halogens is 1. The van der Waals surface area contributed by atoms with Gasteiger partial charge in [-0.25, -0.2) is 13.4 Å². The normalized spacial score (nSPS) is 11.5. The average molecular weight is 510 g/mol. The number of benzene rings is 1. The summed E-state index contributed by atoms with van der Waals surface area (Å²) in [6.07, 6.45) is 2.50. The first-order chi connectivity index (χ1) is 12.3. The third kappa shape index (κ3) is 9.94. The van der Waals surface area contributed by atoms with Gasteiger partial charge in [0, 0.05) is 32.3 Å². The molecule has 3 N–H and O–H groups in total. The lowest BCUT2D eigenvalue weighted by Crippen LogP contribution is -2.39. The van der Waals surface area contributed by atoms with Crippen molar-refractivity contribution in [1.82, 2.24) is 16.0 Å². The predicted molar refractivity (Wildman–Crippen MR) is 120 cm³/mol. The highest BCUT2D eigenvalue weighted by molar-refractivity contribution is 14.0. The SMILES string of the molecule is CCCNC(=O)CCNC(=NCc1ccc(S(C)(=O)=O)c(C)c1)NCC.I. The van der Waals surface area contributed by atoms with Crippen LogP contribution in [0.4, 0.5) is 0 Å². The monoisotopic (exact) mass is 510 g/mol. The Bertz CT molecular complexity index is 736. The molecule has 1 aromatic rings. The van der Waals surface area contributed by atoms with Gasteiger partial charge in [0.05, 0.1) is 11.4 Å². The zero-order valence-electron chi connectivity index (χ0n) is 16.5. The Kier molecular flexibility index (Phi) is 12.3. The molecular weight excluding hydrogens is 479 g/mol. The molecule has 0 atom stereocenters. The van der Waals surface area contributed by atoms with Gasteiger partial charge in [-0.05, 0) is 37.5 Å². The molecule has 0 radical (unpaired) electrons. The van der Waals surface area contributed by atoms with Crippen molar-refractivity contribution in [2.24, 2.45) is 4.99 Å². The fourth-order valence-electron chi connectivity index (χ4n) is 2.39. The second kappa shape index (κ2) is 12.9. The Morgan fingerprint density at radius 3 is 2.37 bits per heavy atom. The molecule has 0 aliphatic rings. The van der Waals surface area contributed by atoms with Gasteiger partial charge >= 0.3 is 0 Å². The maximum Gasteiger partial charge on any atom is 0.221 e. The molecule has 0 aliphatic heterocycles. The van der Waals surface area contributed by atoms with Crippen molar-refractivity contribution >= 4 is 45.7 Å². The summed E-state index contributed by atoms with van der Waals surface area (Å²) < 4.78 is 23.4. The minimum atomic E-state index is -3.22. The van der Waals surface area contributed by atoms with E-state index in [4.69, 9.17) is 0 Å². The molecule has 0 fully saturated rings. The lowest BCUT2D eigenvalue weighted by molar-refractivity contribution is -0.120. The highest BCUT2D eigenvalue weighted by Crippen LogP contribution is 2.17. The molecule has 1 rings (SSSR count). The number of hydrogen-bond acceptors (Lipinski definition) is 4. The molecule has 0 aromatic heterocycles. The average Bonchev–Trinajstić information content (AvgIpc) is 2.56. The van der Waals surface area contributed by atoms with Gasteiger partial charge in [0.15, 0.2) is 15.8 Å². The summed E-state index contributed by atoms with van der Waals surface area (Å²) in [5.41, 5.74) is 1.64. The summed E-state index contributed by atoms with van der Waals surface area (Å²) in [5, 5.41) is 9.09. The molecule has 0 unspecified atom stereocenters. The first kappa shape index (κ1) is 25.6. The van der Waals surface area contributed by atoms with Crippen molar-refractivity contribution in [3.05, 3.63) is 29.3 Å². The quantitative estimate of drug-likeness (QED) is 0.268. The van der Waals surface area contributed by atoms with E-state index >= 15 is 0 Å². The van der Waals surface area contributed by atoms with Crippen LogP contribution < -0.4 is 16.0 Å². The van der Waals surface area contributed by atoms with Crippen molar-refractivity contribution in [3.63, 3.8) is 0 Å². The van der Waals surface area contributed by atoms with Gasteiger partial charge < -0.3 is 16.0 Å². The number of rotatable bonds is 9. The van der Waals surface area contributed by atoms with Crippen molar-refractivity contribution in [3.8, 4) is 0 Å². The van der Waals surface area contributed by atoms with Crippen LogP contribution in [-0.2, 0) is 21.2 Å². The topological polar surface area (TPSA) is 99.7 Å². The first-order valence-corrected chi connectivity index (χ1v) is 10.8. The minimum Gasteiger partial charge on any atom is -0.357 e. The van der Waals surface area contributed by atoms with Crippen molar-refractivity contribution in [2.75, 3.05) is 25.9 Å². The maximum atomic E-state index is 11.7. The van der Waals surface area contributed by atoms with E-state index in [0.29, 0.717) is 49.0 Å². The van der Waals surface area contributed by atoms with Crippen molar-refractivity contribution in [1.29, 1.82) is 0 Å². The van der Waals surface area contributed by atoms with E-state index in [1.807, 2.05) is 19.9 Å². The molecule has 1 amide bonds. The predicted octanol–water partition coefficient (Wildman–Crippen LogP) is 1.99. The fraction of sp³-hybridized carbons (Fsp3) is 0.556. The number of nitrogens with zero attached hydrogens (tertiary/aromatic N) is 1. The smallest absolute Gasteiger partial charge is 0.221 e. The molecule has 9 heteroatoms. The van der Waals surface area contributed by atoms with Gasteiger partial charge in [-0.3, -0.25) is 4.79 Å². The van der Waals surface area contributed by atoms with Gasteiger partial charge in [0.1, 0.15) is 0 Å². The van der Waals surface area contributed by atoms with E-state index in [9.17, 15) is 13.2 Å². The zero-order chi connectivity index (χ0) is 19.6. The van der Waals surface area contributed by atoms with Crippen LogP contribution in [0.2, 0.25) is 0 Å². The van der Waals surface area contributed by atoms with Gasteiger partial charge in [-0.1, -0.05) is 19.1 Å². The third-order valence-electron chi connectivity index (χ3n) is 3.62. The van der Waals surface area contributed by atoms with Crippen LogP contribution >= 0.6 is 24.0 Å². The molecule has 154 valence electrons. The van der Waals surface area contributed by atoms with E-state index in [2.05, 4.69) is 20.9 Å². The second-order valence-corrected chi connectivity index (χ2v) is 8.08. The Morgan fingerprint density at radius 2 is 1.81 bits per heavy atom. The zero-order valence-corrected chi connectivity index (χ0v) is 19.6. The van der Waals surface area contributed by atoms with Crippen LogP contribution in [0.1, 0.15) is 37.8 Å². The van der Waals surface area contributed by atoms with E-state index in [-0.39, 0.29) is 29.9 Å². The largest absolute Gasteiger partial charge is 0.357 e. The molecule has 0 bridgehead atoms. The Hall–Kier alpha value is -1.36. The van der Waals surface area contributed by atoms with Crippen LogP contribution in [0.25, 0.3) is 0 Å².